The molecule has 5 atom stereocenters. The Bertz CT molecular complexity index is 1300. The van der Waals surface area contributed by atoms with Gasteiger partial charge in [0.1, 0.15) is 37.1 Å². The molecule has 11 nitrogen and oxygen atoms in total. The van der Waals surface area contributed by atoms with Gasteiger partial charge in [-0.25, -0.2) is 13.4 Å². The quantitative estimate of drug-likeness (QED) is 0.133. The minimum atomic E-state index is -4.26. The van der Waals surface area contributed by atoms with Gasteiger partial charge < -0.3 is 29.8 Å². The number of rotatable bonds is 14. The first-order valence-corrected chi connectivity index (χ1v) is 13.2. The van der Waals surface area contributed by atoms with E-state index in [-0.39, 0.29) is 11.4 Å². The number of carbonyl (C=O) groups excluding carboxylic acids is 1. The molecular formula is C25H29BN2O9S. The highest BCUT2D eigenvalue weighted by molar-refractivity contribution is 7.89. The molecule has 0 aliphatic heterocycles. The summed E-state index contributed by atoms with van der Waals surface area (Å²) in [4.78, 5) is 17.2. The van der Waals surface area contributed by atoms with Gasteiger partial charge in [0.25, 0.3) is 18.1 Å². The van der Waals surface area contributed by atoms with Crippen LogP contribution >= 0.6 is 0 Å². The molecule has 0 saturated carbocycles. The Labute approximate surface area is 221 Å². The fourth-order valence-corrected chi connectivity index (χ4v) is 4.84. The number of aryl methyl sites for hydroxylation is 1. The molecule has 1 aromatic heterocycles. The summed E-state index contributed by atoms with van der Waals surface area (Å²) < 4.78 is 38.4. The molecular weight excluding hydrogens is 515 g/mol. The number of ether oxygens (including phenoxy) is 1. The average molecular weight is 544 g/mol. The highest BCUT2D eigenvalue weighted by Crippen LogP contribution is 2.17. The fourth-order valence-electron chi connectivity index (χ4n) is 3.66. The molecule has 0 unspecified atom stereocenters. The van der Waals surface area contributed by atoms with Gasteiger partial charge in [-0.05, 0) is 36.6 Å². The van der Waals surface area contributed by atoms with Crippen LogP contribution in [-0.2, 0) is 30.6 Å². The van der Waals surface area contributed by atoms with Gasteiger partial charge >= 0.3 is 5.97 Å². The van der Waals surface area contributed by atoms with E-state index in [1.54, 1.807) is 30.3 Å². The molecule has 2 radical (unpaired) electrons. The first-order chi connectivity index (χ1) is 18.2. The maximum Gasteiger partial charge on any atom is 0.324 e. The minimum absolute atomic E-state index is 0.0260. The first kappa shape index (κ1) is 29.6. The van der Waals surface area contributed by atoms with E-state index in [0.29, 0.717) is 11.9 Å². The Kier molecular flexibility index (Phi) is 10.7. The van der Waals surface area contributed by atoms with Gasteiger partial charge in [0, 0.05) is 5.39 Å². The Hall–Kier alpha value is -2.91. The van der Waals surface area contributed by atoms with Crippen LogP contribution in [0, 0.1) is 0 Å². The van der Waals surface area contributed by atoms with Crippen molar-refractivity contribution in [2.24, 2.45) is 0 Å². The Balaban J connectivity index is 1.77. The van der Waals surface area contributed by atoms with Gasteiger partial charge in [0.2, 0.25) is 0 Å². The Morgan fingerprint density at radius 2 is 1.66 bits per heavy atom. The highest BCUT2D eigenvalue weighted by atomic mass is 32.2. The first-order valence-electron chi connectivity index (χ1n) is 11.8. The number of aromatic nitrogens is 1. The molecule has 5 N–H and O–H groups in total. The topological polar surface area (TPSA) is 176 Å². The zero-order valence-corrected chi connectivity index (χ0v) is 21.1. The molecule has 0 aliphatic carbocycles. The van der Waals surface area contributed by atoms with Crippen molar-refractivity contribution in [2.45, 2.75) is 48.3 Å². The van der Waals surface area contributed by atoms with Crippen molar-refractivity contribution in [2.75, 3.05) is 13.2 Å². The van der Waals surface area contributed by atoms with E-state index in [4.69, 9.17) is 17.9 Å². The largest absolute Gasteiger partial charge is 0.462 e. The van der Waals surface area contributed by atoms with Crippen molar-refractivity contribution in [3.05, 3.63) is 72.3 Å². The lowest BCUT2D eigenvalue weighted by Gasteiger charge is -2.28. The van der Waals surface area contributed by atoms with Crippen LogP contribution in [0.3, 0.4) is 0 Å². The van der Waals surface area contributed by atoms with Crippen LogP contribution in [0.2, 0.25) is 0 Å². The van der Waals surface area contributed by atoms with Gasteiger partial charge in [-0.2, -0.15) is 4.72 Å². The number of hydrogen-bond acceptors (Lipinski definition) is 10. The summed E-state index contributed by atoms with van der Waals surface area (Å²) in [6.45, 7) is -1.52. The summed E-state index contributed by atoms with van der Waals surface area (Å²) in [5.74, 6) is -0.989. The SMILES string of the molecule is [B]O[C@H](COC(=O)[C@H](CCc1ccccc1)NS(=O)(=O)c1ccc2ccccc2n1)[C@@H](O)[C@H](O)[C@H](O)CO. The van der Waals surface area contributed by atoms with Crippen LogP contribution in [0.5, 0.6) is 0 Å². The van der Waals surface area contributed by atoms with Crippen LogP contribution in [0.15, 0.2) is 71.8 Å². The molecule has 0 amide bonds. The number of esters is 1. The summed E-state index contributed by atoms with van der Waals surface area (Å²) in [7, 11) is 0.890. The van der Waals surface area contributed by atoms with Gasteiger partial charge in [-0.3, -0.25) is 4.79 Å². The number of fused-ring (bicyclic) bond motifs is 1. The lowest BCUT2D eigenvalue weighted by molar-refractivity contribution is -0.155. The third kappa shape index (κ3) is 7.80. The standard InChI is InChI=1S/C25H29BN2O9S/c26-37-21(24(32)23(31)20(30)14-29)15-36-25(33)19(12-10-16-6-2-1-3-7-16)28-38(34,35)22-13-11-17-8-4-5-9-18(17)27-22/h1-9,11,13,19-21,23-24,28-32H,10,12,14-15H2/t19-,20+,21+,23+,24+/m0/s1. The molecule has 0 fully saturated rings. The maximum absolute atomic E-state index is 13.2. The Morgan fingerprint density at radius 1 is 0.974 bits per heavy atom. The molecule has 0 spiro atoms. The number of hydrogen-bond donors (Lipinski definition) is 5. The number of pyridine rings is 1. The van der Waals surface area contributed by atoms with Crippen molar-refractivity contribution >= 4 is 34.9 Å². The van der Waals surface area contributed by atoms with E-state index in [0.717, 1.165) is 10.9 Å². The second kappa shape index (κ2) is 13.8. The van der Waals surface area contributed by atoms with Crippen molar-refractivity contribution in [3.63, 3.8) is 0 Å². The number of nitrogens with one attached hydrogen (secondary N) is 1. The second-order valence-corrected chi connectivity index (χ2v) is 10.2. The average Bonchev–Trinajstić information content (AvgIpc) is 2.94. The van der Waals surface area contributed by atoms with E-state index in [9.17, 15) is 28.5 Å². The summed E-state index contributed by atoms with van der Waals surface area (Å²) in [6.07, 6.45) is -6.50. The van der Waals surface area contributed by atoms with Crippen molar-refractivity contribution in [1.82, 2.24) is 9.71 Å². The smallest absolute Gasteiger partial charge is 0.324 e. The normalized spacial score (nSPS) is 15.9. The minimum Gasteiger partial charge on any atom is -0.462 e. The number of aliphatic hydroxyl groups excluding tert-OH is 4. The van der Waals surface area contributed by atoms with Gasteiger partial charge in [0.15, 0.2) is 5.03 Å². The zero-order chi connectivity index (χ0) is 27.7. The molecule has 38 heavy (non-hydrogen) atoms. The van der Waals surface area contributed by atoms with Crippen molar-refractivity contribution in [1.29, 1.82) is 0 Å². The van der Waals surface area contributed by atoms with E-state index in [2.05, 4.69) is 14.4 Å². The molecule has 3 aromatic rings. The summed E-state index contributed by atoms with van der Waals surface area (Å²) in [5, 5.41) is 39.0. The number of benzene rings is 2. The third-order valence-electron chi connectivity index (χ3n) is 5.87. The summed E-state index contributed by atoms with van der Waals surface area (Å²) in [6, 6.07) is 17.6. The molecule has 0 saturated heterocycles. The molecule has 0 aliphatic rings. The molecule has 2 aromatic carbocycles. The molecule has 13 heteroatoms. The van der Waals surface area contributed by atoms with E-state index >= 15 is 0 Å². The lowest BCUT2D eigenvalue weighted by Crippen LogP contribution is -2.49. The van der Waals surface area contributed by atoms with Gasteiger partial charge in [-0.15, -0.1) is 0 Å². The maximum atomic E-state index is 13.2. The number of carbonyl (C=O) groups is 1. The molecule has 1 heterocycles. The van der Waals surface area contributed by atoms with Gasteiger partial charge in [0.05, 0.1) is 12.1 Å². The summed E-state index contributed by atoms with van der Waals surface area (Å²) >= 11 is 0. The molecule has 3 rings (SSSR count). The Morgan fingerprint density at radius 3 is 2.34 bits per heavy atom. The highest BCUT2D eigenvalue weighted by Gasteiger charge is 2.33. The van der Waals surface area contributed by atoms with Crippen molar-refractivity contribution in [3.8, 4) is 0 Å². The third-order valence-corrected chi connectivity index (χ3v) is 7.24. The van der Waals surface area contributed by atoms with Crippen LogP contribution in [0.1, 0.15) is 12.0 Å². The predicted molar refractivity (Wildman–Crippen MR) is 137 cm³/mol. The monoisotopic (exact) mass is 544 g/mol. The predicted octanol–water partition coefficient (Wildman–Crippen LogP) is -0.399. The number of sulfonamides is 1. The molecule has 202 valence electrons. The zero-order valence-electron chi connectivity index (χ0n) is 20.3. The van der Waals surface area contributed by atoms with Crippen LogP contribution in [0.4, 0.5) is 0 Å². The lowest BCUT2D eigenvalue weighted by atomic mass is 10.0. The summed E-state index contributed by atoms with van der Waals surface area (Å²) in [5.41, 5.74) is 1.31. The molecule has 0 bridgehead atoms. The fraction of sp³-hybridized carbons (Fsp3) is 0.360. The number of aliphatic hydroxyl groups is 4. The second-order valence-electron chi connectivity index (χ2n) is 8.58. The van der Waals surface area contributed by atoms with E-state index < -0.39 is 59.7 Å². The van der Waals surface area contributed by atoms with Crippen LogP contribution in [0.25, 0.3) is 10.9 Å². The number of nitrogens with zero attached hydrogens (tertiary/aromatic N) is 1. The van der Waals surface area contributed by atoms with E-state index in [1.165, 1.54) is 6.07 Å². The van der Waals surface area contributed by atoms with Crippen LogP contribution in [-0.4, -0.2) is 91.5 Å². The van der Waals surface area contributed by atoms with Crippen LogP contribution < -0.4 is 4.72 Å². The van der Waals surface area contributed by atoms with Gasteiger partial charge in [-0.1, -0.05) is 48.5 Å². The van der Waals surface area contributed by atoms with Crippen molar-refractivity contribution < 1.29 is 43.0 Å². The van der Waals surface area contributed by atoms with E-state index in [1.807, 2.05) is 30.3 Å². The number of para-hydroxylation sites is 1.